The zero-order valence-corrected chi connectivity index (χ0v) is 21.0. The van der Waals surface area contributed by atoms with Crippen molar-refractivity contribution >= 4 is 35.8 Å². The van der Waals surface area contributed by atoms with Crippen LogP contribution in [0.25, 0.3) is 0 Å². The quantitative estimate of drug-likeness (QED) is 0.325. The van der Waals surface area contributed by atoms with E-state index in [1.165, 1.54) is 11.1 Å². The minimum atomic E-state index is 0. The summed E-state index contributed by atoms with van der Waals surface area (Å²) in [5.74, 6) is 1.18. The molecule has 3 rings (SSSR count). The SMILES string of the molecule is CCNC(=NCc1ccc(CN2CCCC2=O)cc1)NC1CCN(C(C)C)CC1.I. The van der Waals surface area contributed by atoms with Crippen LogP contribution in [0, 0.1) is 0 Å². The number of halogens is 1. The van der Waals surface area contributed by atoms with Crippen LogP contribution in [0.1, 0.15) is 57.6 Å². The fourth-order valence-electron chi connectivity index (χ4n) is 4.09. The Morgan fingerprint density at radius 1 is 1.13 bits per heavy atom. The minimum absolute atomic E-state index is 0. The second-order valence-electron chi connectivity index (χ2n) is 8.48. The lowest BCUT2D eigenvalue weighted by Crippen LogP contribution is -2.49. The van der Waals surface area contributed by atoms with Crippen molar-refractivity contribution in [2.45, 2.75) is 71.6 Å². The molecule has 2 N–H and O–H groups in total. The van der Waals surface area contributed by atoms with Crippen molar-refractivity contribution in [3.8, 4) is 0 Å². The summed E-state index contributed by atoms with van der Waals surface area (Å²) in [7, 11) is 0. The number of nitrogens with zero attached hydrogens (tertiary/aromatic N) is 3. The summed E-state index contributed by atoms with van der Waals surface area (Å²) in [5.41, 5.74) is 2.38. The monoisotopic (exact) mass is 527 g/mol. The number of benzene rings is 1. The summed E-state index contributed by atoms with van der Waals surface area (Å²) in [4.78, 5) is 21.1. The summed E-state index contributed by atoms with van der Waals surface area (Å²) >= 11 is 0. The van der Waals surface area contributed by atoms with Gasteiger partial charge in [0, 0.05) is 51.2 Å². The maximum atomic E-state index is 11.8. The van der Waals surface area contributed by atoms with Gasteiger partial charge in [-0.25, -0.2) is 4.99 Å². The van der Waals surface area contributed by atoms with Gasteiger partial charge in [0.05, 0.1) is 6.54 Å². The standard InChI is InChI=1S/C23H37N5O.HI/c1-4-24-23(26-21-11-14-27(15-12-21)18(2)3)25-16-19-7-9-20(10-8-19)17-28-13-5-6-22(28)29;/h7-10,18,21H,4-6,11-17H2,1-3H3,(H2,24,25,26);1H. The lowest BCUT2D eigenvalue weighted by Gasteiger charge is -2.35. The molecule has 168 valence electrons. The van der Waals surface area contributed by atoms with E-state index in [1.807, 2.05) is 4.90 Å². The van der Waals surface area contributed by atoms with Crippen LogP contribution in [0.2, 0.25) is 0 Å². The molecule has 7 heteroatoms. The van der Waals surface area contributed by atoms with Gasteiger partial charge in [0.25, 0.3) is 0 Å². The van der Waals surface area contributed by atoms with Gasteiger partial charge in [0.15, 0.2) is 5.96 Å². The molecule has 0 unspecified atom stereocenters. The van der Waals surface area contributed by atoms with Gasteiger partial charge < -0.3 is 20.4 Å². The third-order valence-electron chi connectivity index (χ3n) is 5.93. The van der Waals surface area contributed by atoms with E-state index in [1.54, 1.807) is 0 Å². The summed E-state index contributed by atoms with van der Waals surface area (Å²) in [5, 5.41) is 7.00. The smallest absolute Gasteiger partial charge is 0.222 e. The predicted molar refractivity (Wildman–Crippen MR) is 134 cm³/mol. The Balaban J connectivity index is 0.00000320. The van der Waals surface area contributed by atoms with Crippen molar-refractivity contribution in [1.82, 2.24) is 20.4 Å². The van der Waals surface area contributed by atoms with E-state index in [4.69, 9.17) is 4.99 Å². The molecule has 0 bridgehead atoms. The van der Waals surface area contributed by atoms with Crippen LogP contribution in [0.5, 0.6) is 0 Å². The molecule has 2 fully saturated rings. The highest BCUT2D eigenvalue weighted by Crippen LogP contribution is 2.15. The molecule has 2 aliphatic heterocycles. The Morgan fingerprint density at radius 2 is 1.80 bits per heavy atom. The molecule has 2 saturated heterocycles. The summed E-state index contributed by atoms with van der Waals surface area (Å²) in [6.07, 6.45) is 4.00. The Bertz CT molecular complexity index is 683. The highest BCUT2D eigenvalue weighted by Gasteiger charge is 2.21. The van der Waals surface area contributed by atoms with Gasteiger partial charge in [-0.3, -0.25) is 4.79 Å². The third kappa shape index (κ3) is 7.41. The first-order valence-corrected chi connectivity index (χ1v) is 11.2. The number of likely N-dealkylation sites (tertiary alicyclic amines) is 2. The molecule has 1 amide bonds. The zero-order chi connectivity index (χ0) is 20.6. The summed E-state index contributed by atoms with van der Waals surface area (Å²) in [6, 6.07) is 9.62. The number of rotatable bonds is 7. The maximum Gasteiger partial charge on any atom is 0.222 e. The molecule has 0 aromatic heterocycles. The fourth-order valence-corrected chi connectivity index (χ4v) is 4.09. The van der Waals surface area contributed by atoms with Crippen molar-refractivity contribution in [2.24, 2.45) is 4.99 Å². The minimum Gasteiger partial charge on any atom is -0.357 e. The number of carbonyl (C=O) groups excluding carboxylic acids is 1. The highest BCUT2D eigenvalue weighted by atomic mass is 127. The van der Waals surface area contributed by atoms with Crippen molar-refractivity contribution < 1.29 is 4.79 Å². The molecule has 2 aliphatic rings. The lowest BCUT2D eigenvalue weighted by atomic mass is 10.0. The van der Waals surface area contributed by atoms with Crippen LogP contribution in [-0.2, 0) is 17.9 Å². The number of aliphatic imine (C=N–C) groups is 1. The Morgan fingerprint density at radius 3 is 2.37 bits per heavy atom. The van der Waals surface area contributed by atoms with Crippen LogP contribution in [-0.4, -0.2) is 59.9 Å². The molecular weight excluding hydrogens is 489 g/mol. The van der Waals surface area contributed by atoms with Crippen molar-refractivity contribution in [1.29, 1.82) is 0 Å². The van der Waals surface area contributed by atoms with Gasteiger partial charge in [-0.1, -0.05) is 24.3 Å². The fraction of sp³-hybridized carbons (Fsp3) is 0.652. The van der Waals surface area contributed by atoms with Crippen LogP contribution < -0.4 is 10.6 Å². The second kappa shape index (κ2) is 12.5. The number of hydrogen-bond donors (Lipinski definition) is 2. The molecular formula is C23H38IN5O. The molecule has 6 nitrogen and oxygen atoms in total. The topological polar surface area (TPSA) is 60.0 Å². The van der Waals surface area contributed by atoms with E-state index in [0.717, 1.165) is 57.9 Å². The van der Waals surface area contributed by atoms with Crippen LogP contribution in [0.15, 0.2) is 29.3 Å². The molecule has 1 aromatic rings. The third-order valence-corrected chi connectivity index (χ3v) is 5.93. The molecule has 0 aliphatic carbocycles. The number of carbonyl (C=O) groups is 1. The molecule has 30 heavy (non-hydrogen) atoms. The largest absolute Gasteiger partial charge is 0.357 e. The molecule has 0 radical (unpaired) electrons. The summed E-state index contributed by atoms with van der Waals surface area (Å²) in [6.45, 7) is 12.1. The number of hydrogen-bond acceptors (Lipinski definition) is 3. The van der Waals surface area contributed by atoms with Crippen LogP contribution in [0.3, 0.4) is 0 Å². The van der Waals surface area contributed by atoms with Gasteiger partial charge in [0.1, 0.15) is 0 Å². The van der Waals surface area contributed by atoms with Gasteiger partial charge in [-0.05, 0) is 51.2 Å². The van der Waals surface area contributed by atoms with E-state index in [9.17, 15) is 4.79 Å². The second-order valence-corrected chi connectivity index (χ2v) is 8.48. The van der Waals surface area contributed by atoms with Crippen molar-refractivity contribution in [2.75, 3.05) is 26.2 Å². The van der Waals surface area contributed by atoms with Gasteiger partial charge in [-0.2, -0.15) is 0 Å². The molecule has 0 spiro atoms. The Labute approximate surface area is 198 Å². The Kier molecular flexibility index (Phi) is 10.4. The molecule has 0 saturated carbocycles. The molecule has 2 heterocycles. The van der Waals surface area contributed by atoms with E-state index in [0.29, 0.717) is 25.0 Å². The van der Waals surface area contributed by atoms with Gasteiger partial charge in [-0.15, -0.1) is 24.0 Å². The average Bonchev–Trinajstić information content (AvgIpc) is 3.12. The van der Waals surface area contributed by atoms with E-state index < -0.39 is 0 Å². The summed E-state index contributed by atoms with van der Waals surface area (Å²) < 4.78 is 0. The molecule has 1 aromatic carbocycles. The number of piperidine rings is 1. The number of nitrogens with one attached hydrogen (secondary N) is 2. The first-order valence-electron chi connectivity index (χ1n) is 11.2. The van der Waals surface area contributed by atoms with Gasteiger partial charge in [0.2, 0.25) is 5.91 Å². The van der Waals surface area contributed by atoms with Crippen molar-refractivity contribution in [3.63, 3.8) is 0 Å². The maximum absolute atomic E-state index is 11.8. The van der Waals surface area contributed by atoms with Crippen LogP contribution in [0.4, 0.5) is 0 Å². The number of guanidine groups is 1. The first-order chi connectivity index (χ1) is 14.0. The predicted octanol–water partition coefficient (Wildman–Crippen LogP) is 3.35. The number of amides is 1. The zero-order valence-electron chi connectivity index (χ0n) is 18.7. The van der Waals surface area contributed by atoms with Crippen molar-refractivity contribution in [3.05, 3.63) is 35.4 Å². The van der Waals surface area contributed by atoms with E-state index in [-0.39, 0.29) is 29.9 Å². The first kappa shape index (κ1) is 24.9. The van der Waals surface area contributed by atoms with Crippen LogP contribution >= 0.6 is 24.0 Å². The average molecular weight is 527 g/mol. The highest BCUT2D eigenvalue weighted by molar-refractivity contribution is 14.0. The normalized spacial score (nSPS) is 18.6. The molecule has 0 atom stereocenters. The van der Waals surface area contributed by atoms with E-state index >= 15 is 0 Å². The van der Waals surface area contributed by atoms with E-state index in [2.05, 4.69) is 60.6 Å². The Hall–Kier alpha value is -1.35. The van der Waals surface area contributed by atoms with Gasteiger partial charge >= 0.3 is 0 Å². The lowest BCUT2D eigenvalue weighted by molar-refractivity contribution is -0.128.